The molecule has 0 aliphatic heterocycles. The molecular formula is C73H96BrCl7N8O13S. The highest BCUT2D eigenvalue weighted by Gasteiger charge is 2.22. The van der Waals surface area contributed by atoms with E-state index >= 15 is 0 Å². The second kappa shape index (κ2) is 48.4. The maximum absolute atomic E-state index is 12.4. The molecule has 5 atom stereocenters. The number of carbonyl (C=O) groups excluding carboxylic acids is 6. The van der Waals surface area contributed by atoms with Crippen LogP contribution in [0.15, 0.2) is 127 Å². The van der Waals surface area contributed by atoms with Crippen molar-refractivity contribution in [2.75, 3.05) is 48.7 Å². The third-order valence-electron chi connectivity index (χ3n) is 12.3. The number of aliphatic hydroxyl groups is 1. The third-order valence-corrected chi connectivity index (χ3v) is 14.7. The van der Waals surface area contributed by atoms with Crippen LogP contribution in [-0.2, 0) is 62.1 Å². The average molecular weight is 1650 g/mol. The lowest BCUT2D eigenvalue weighted by Crippen LogP contribution is -2.37. The van der Waals surface area contributed by atoms with Crippen LogP contribution >= 0.6 is 110 Å². The molecule has 6 rings (SSSR count). The lowest BCUT2D eigenvalue weighted by atomic mass is 10.1. The smallest absolute Gasteiger partial charge is 0.407 e. The second-order valence-electron chi connectivity index (χ2n) is 25.6. The number of hydrogen-bond donors (Lipinski definition) is 9. The van der Waals surface area contributed by atoms with Gasteiger partial charge in [0.05, 0.1) is 91.1 Å². The van der Waals surface area contributed by atoms with Crippen LogP contribution in [0.2, 0.25) is 30.1 Å². The predicted molar refractivity (Wildman–Crippen MR) is 427 cm³/mol. The van der Waals surface area contributed by atoms with Crippen LogP contribution in [0.25, 0.3) is 0 Å². The Bertz CT molecular complexity index is 3540. The van der Waals surface area contributed by atoms with E-state index in [2.05, 4.69) is 65.4 Å². The number of alkyl carbamates (subject to hydrolysis) is 3. The molecule has 0 fully saturated rings. The molecule has 0 saturated carbocycles. The Labute approximate surface area is 655 Å². The number of para-hydroxylation sites is 6. The summed E-state index contributed by atoms with van der Waals surface area (Å²) in [6.07, 6.45) is -2.75. The number of benzene rings is 6. The molecule has 21 nitrogen and oxygen atoms in total. The number of ether oxygens (including phenoxy) is 6. The number of alkyl halides is 1. The topological polar surface area (TPSA) is 288 Å². The van der Waals surface area contributed by atoms with Crippen molar-refractivity contribution in [1.82, 2.24) is 21.3 Å². The quantitative estimate of drug-likeness (QED) is 0.0111. The first-order valence-corrected chi connectivity index (χ1v) is 35.9. The van der Waals surface area contributed by atoms with Gasteiger partial charge < -0.3 is 76.5 Å². The van der Waals surface area contributed by atoms with Crippen LogP contribution in [0.4, 0.5) is 48.5 Å². The Kier molecular flexibility index (Phi) is 44.3. The van der Waals surface area contributed by atoms with Crippen LogP contribution in [0.5, 0.6) is 0 Å². The minimum atomic E-state index is -0.592. The summed E-state index contributed by atoms with van der Waals surface area (Å²) < 4.78 is 31.1. The third kappa shape index (κ3) is 42.1. The molecule has 30 heteroatoms. The average Bonchev–Trinajstić information content (AvgIpc) is 0.846. The zero-order chi connectivity index (χ0) is 76.9. The number of nitrogens with two attached hydrogens (primary N) is 1. The zero-order valence-corrected chi connectivity index (χ0v) is 67.9. The lowest BCUT2D eigenvalue weighted by Gasteiger charge is -2.21. The number of nitrogens with one attached hydrogen (secondary N) is 7. The highest BCUT2D eigenvalue weighted by atomic mass is 79.9. The minimum absolute atomic E-state index is 0. The fraction of sp³-hybridized carbons (Fsp3) is 0.411. The molecule has 6 aromatic carbocycles. The molecule has 0 spiro atoms. The molecule has 0 bridgehead atoms. The van der Waals surface area contributed by atoms with Crippen molar-refractivity contribution in [3.05, 3.63) is 174 Å². The number of anilines is 6. The van der Waals surface area contributed by atoms with Gasteiger partial charge in [-0.05, 0) is 161 Å². The van der Waals surface area contributed by atoms with E-state index in [1.54, 1.807) is 124 Å². The van der Waals surface area contributed by atoms with Crippen molar-refractivity contribution in [1.29, 1.82) is 0 Å². The van der Waals surface area contributed by atoms with Crippen LogP contribution < -0.4 is 43.0 Å². The number of carbonyl (C=O) groups is 6. The van der Waals surface area contributed by atoms with Crippen LogP contribution in [0.1, 0.15) is 114 Å². The van der Waals surface area contributed by atoms with Gasteiger partial charge in [-0.1, -0.05) is 177 Å². The van der Waals surface area contributed by atoms with Gasteiger partial charge in [0.2, 0.25) is 0 Å². The second-order valence-corrected chi connectivity index (χ2v) is 29.9. The van der Waals surface area contributed by atoms with Crippen molar-refractivity contribution >= 4 is 186 Å². The van der Waals surface area contributed by atoms with E-state index in [1.165, 1.54) is 5.49 Å². The summed E-state index contributed by atoms with van der Waals surface area (Å²) >= 11 is 45.2. The van der Waals surface area contributed by atoms with Gasteiger partial charge >= 0.3 is 36.2 Å². The normalized spacial score (nSPS) is 12.1. The molecule has 6 aromatic rings. The monoisotopic (exact) mass is 1650 g/mol. The van der Waals surface area contributed by atoms with E-state index in [9.17, 15) is 28.8 Å². The van der Waals surface area contributed by atoms with Crippen molar-refractivity contribution in [3.8, 4) is 0 Å². The standard InChI is InChI=1S/C22H26Cl2N2O4.C18H18Cl2N2O2S.C17H18Cl2N2O2.C8H16BrNO2.C8H17NO3.ClH/c1-14(13-25-21(28)30-22(2,3)4)29-19(27)12-15-8-5-6-11-18(15)26-20-16(23)9-7-10-17(20)24;1-12(10-21-11-25)24-17(23)9-13-5-2-3-8-16(13)22-18-14(19)6-4-7-15(18)20;1-11(10-20)23-16(22)9-12-5-2-3-8-15(12)21-17-13(18)6-4-7-14(17)19;1-6(9)5-10-7(11)12-8(2,3)4;1-6(10)5-9-7(11)12-8(2,3)4;/h5-11,14,26H,12-13H2,1-4H3,(H,25,28);2-8,11-12,22H,9-10H2,1H3,(H,21,25);2-8,11,21H,9-10,20H2,1H3;6H,5H2,1-4H3,(H,10,11);6,10H,5H2,1-4H3,(H,9,11);1H. The van der Waals surface area contributed by atoms with Crippen molar-refractivity contribution in [2.45, 2.75) is 162 Å². The number of esters is 3. The van der Waals surface area contributed by atoms with Gasteiger partial charge in [0.25, 0.3) is 0 Å². The lowest BCUT2D eigenvalue weighted by molar-refractivity contribution is -0.148. The maximum Gasteiger partial charge on any atom is 0.407 e. The summed E-state index contributed by atoms with van der Waals surface area (Å²) in [6.45, 7) is 26.7. The van der Waals surface area contributed by atoms with Gasteiger partial charge in [-0.15, -0.1) is 12.4 Å². The Morgan fingerprint density at radius 3 is 0.990 bits per heavy atom. The fourth-order valence-electron chi connectivity index (χ4n) is 7.88. The summed E-state index contributed by atoms with van der Waals surface area (Å²) in [5, 5.41) is 31.9. The molecule has 0 radical (unpaired) electrons. The molecular weight excluding hydrogens is 1560 g/mol. The van der Waals surface area contributed by atoms with Gasteiger partial charge in [-0.2, -0.15) is 0 Å². The van der Waals surface area contributed by atoms with Crippen molar-refractivity contribution < 1.29 is 62.3 Å². The molecule has 0 heterocycles. The van der Waals surface area contributed by atoms with Gasteiger partial charge in [0, 0.05) is 41.5 Å². The molecule has 0 aliphatic carbocycles. The molecule has 10 N–H and O–H groups in total. The summed E-state index contributed by atoms with van der Waals surface area (Å²) in [5.41, 5.74) is 11.6. The molecule has 5 unspecified atom stereocenters. The molecule has 0 aromatic heterocycles. The Balaban J connectivity index is 0.000000669. The van der Waals surface area contributed by atoms with E-state index in [4.69, 9.17) is 109 Å². The highest BCUT2D eigenvalue weighted by Crippen LogP contribution is 2.37. The minimum Gasteiger partial charge on any atom is -0.461 e. The van der Waals surface area contributed by atoms with Crippen LogP contribution in [-0.4, -0.2) is 126 Å². The molecule has 103 heavy (non-hydrogen) atoms. The first kappa shape index (κ1) is 94.3. The number of thiocarbonyl (C=S) groups is 1. The Morgan fingerprint density at radius 2 is 0.718 bits per heavy atom. The summed E-state index contributed by atoms with van der Waals surface area (Å²) in [6, 6.07) is 37.9. The maximum atomic E-state index is 12.4. The summed E-state index contributed by atoms with van der Waals surface area (Å²) in [4.78, 5) is 70.4. The van der Waals surface area contributed by atoms with E-state index in [0.29, 0.717) is 72.5 Å². The van der Waals surface area contributed by atoms with Gasteiger partial charge in [-0.3, -0.25) is 14.4 Å². The molecule has 3 amide bonds. The number of rotatable bonds is 25. The fourth-order valence-corrected chi connectivity index (χ4v) is 9.61. The molecule has 0 saturated heterocycles. The van der Waals surface area contributed by atoms with Crippen molar-refractivity contribution in [3.63, 3.8) is 0 Å². The van der Waals surface area contributed by atoms with Crippen LogP contribution in [0.3, 0.4) is 0 Å². The number of aliphatic hydroxyl groups excluding tert-OH is 1. The first-order chi connectivity index (χ1) is 47.7. The Morgan fingerprint density at radius 1 is 0.447 bits per heavy atom. The van der Waals surface area contributed by atoms with E-state index in [-0.39, 0.29) is 79.8 Å². The van der Waals surface area contributed by atoms with Crippen LogP contribution in [0, 0.1) is 0 Å². The van der Waals surface area contributed by atoms with Crippen molar-refractivity contribution in [2.24, 2.45) is 5.73 Å². The Hall–Kier alpha value is -6.74. The number of amides is 3. The predicted octanol–water partition coefficient (Wildman–Crippen LogP) is 18.3. The largest absolute Gasteiger partial charge is 0.461 e. The van der Waals surface area contributed by atoms with Gasteiger partial charge in [0.15, 0.2) is 0 Å². The van der Waals surface area contributed by atoms with Gasteiger partial charge in [0.1, 0.15) is 35.1 Å². The SMILES string of the molecule is CC(Br)CNC(=O)OC(C)(C)C.CC(CN)OC(=O)Cc1ccccc1Nc1c(Cl)cccc1Cl.CC(CNC(=O)OC(C)(C)C)OC(=O)Cc1ccccc1Nc1c(Cl)cccc1Cl.CC(CNC=S)OC(=O)Cc1ccccc1Nc1c(Cl)cccc1Cl.CC(O)CNC(=O)OC(C)(C)C.Cl. The first-order valence-electron chi connectivity index (χ1n) is 32.2. The molecule has 0 aliphatic rings. The summed E-state index contributed by atoms with van der Waals surface area (Å²) in [5.74, 6) is -1.08. The van der Waals surface area contributed by atoms with Gasteiger partial charge in [-0.25, -0.2) is 14.4 Å². The van der Waals surface area contributed by atoms with E-state index in [1.807, 2.05) is 100 Å². The zero-order valence-electron chi connectivity index (χ0n) is 60.1. The number of hydrogen-bond acceptors (Lipinski definition) is 18. The van der Waals surface area contributed by atoms with E-state index in [0.717, 1.165) is 28.1 Å². The van der Waals surface area contributed by atoms with E-state index < -0.39 is 47.2 Å². The number of halogens is 8. The summed E-state index contributed by atoms with van der Waals surface area (Å²) in [7, 11) is 0. The highest BCUT2D eigenvalue weighted by molar-refractivity contribution is 9.09. The molecule has 568 valence electrons.